The summed E-state index contributed by atoms with van der Waals surface area (Å²) < 4.78 is 0. The molecule has 4 nitrogen and oxygen atoms in total. The van der Waals surface area contributed by atoms with E-state index in [1.54, 1.807) is 36.4 Å². The molecule has 1 atom stereocenters. The fourth-order valence-electron chi connectivity index (χ4n) is 3.24. The van der Waals surface area contributed by atoms with Gasteiger partial charge in [-0.1, -0.05) is 24.6 Å². The van der Waals surface area contributed by atoms with Crippen molar-refractivity contribution in [3.63, 3.8) is 0 Å². The summed E-state index contributed by atoms with van der Waals surface area (Å²) in [5, 5.41) is 3.44. The molecule has 1 N–H and O–H groups in total. The van der Waals surface area contributed by atoms with Gasteiger partial charge in [-0.05, 0) is 67.6 Å². The molecule has 1 unspecified atom stereocenters. The Bertz CT molecular complexity index is 817. The molecule has 1 aliphatic rings. The molecule has 2 amide bonds. The monoisotopic (exact) mass is 370 g/mol. The van der Waals surface area contributed by atoms with Crippen molar-refractivity contribution < 1.29 is 9.59 Å². The number of carbonyl (C=O) groups is 2. The van der Waals surface area contributed by atoms with Gasteiger partial charge in [0.2, 0.25) is 0 Å². The Morgan fingerprint density at radius 2 is 1.81 bits per heavy atom. The van der Waals surface area contributed by atoms with Crippen molar-refractivity contribution in [1.29, 1.82) is 0 Å². The van der Waals surface area contributed by atoms with Crippen molar-refractivity contribution in [2.24, 2.45) is 5.92 Å². The van der Waals surface area contributed by atoms with E-state index < -0.39 is 0 Å². The summed E-state index contributed by atoms with van der Waals surface area (Å²) in [6.07, 6.45) is 2.22. The number of hydrogen-bond donors (Lipinski definition) is 1. The van der Waals surface area contributed by atoms with Gasteiger partial charge in [-0.15, -0.1) is 0 Å². The van der Waals surface area contributed by atoms with Crippen LogP contribution in [0.2, 0.25) is 5.02 Å². The lowest BCUT2D eigenvalue weighted by Crippen LogP contribution is -2.39. The third kappa shape index (κ3) is 4.25. The standard InChI is InChI=1S/C21H23ClN2O2/c1-14-4-3-11-24(13-14)21(26)17-8-6-16(7-9-17)20(25)23-19-12-18(22)10-5-15(19)2/h5-10,12,14H,3-4,11,13H2,1-2H3,(H,23,25). The molecule has 1 aliphatic heterocycles. The minimum absolute atomic E-state index is 0.0363. The van der Waals surface area contributed by atoms with Gasteiger partial charge in [0.1, 0.15) is 0 Å². The van der Waals surface area contributed by atoms with E-state index in [4.69, 9.17) is 11.6 Å². The number of likely N-dealkylation sites (tertiary alicyclic amines) is 1. The molecule has 0 saturated carbocycles. The number of carbonyl (C=O) groups excluding carboxylic acids is 2. The van der Waals surface area contributed by atoms with Crippen LogP contribution in [-0.2, 0) is 0 Å². The van der Waals surface area contributed by atoms with Crippen molar-refractivity contribution in [3.8, 4) is 0 Å². The lowest BCUT2D eigenvalue weighted by atomic mass is 9.99. The number of hydrogen-bond acceptors (Lipinski definition) is 2. The first-order chi connectivity index (χ1) is 12.4. The maximum absolute atomic E-state index is 12.6. The van der Waals surface area contributed by atoms with Crippen molar-refractivity contribution in [2.75, 3.05) is 18.4 Å². The van der Waals surface area contributed by atoms with Gasteiger partial charge < -0.3 is 10.2 Å². The Kier molecular flexibility index (Phi) is 5.62. The Labute approximate surface area is 159 Å². The molecule has 0 spiro atoms. The van der Waals surface area contributed by atoms with Gasteiger partial charge in [0.15, 0.2) is 0 Å². The highest BCUT2D eigenvalue weighted by Crippen LogP contribution is 2.21. The number of rotatable bonds is 3. The number of amides is 2. The first kappa shape index (κ1) is 18.5. The van der Waals surface area contributed by atoms with E-state index in [1.165, 1.54) is 6.42 Å². The Hall–Kier alpha value is -2.33. The number of nitrogens with zero attached hydrogens (tertiary/aromatic N) is 1. The van der Waals surface area contributed by atoms with Crippen LogP contribution in [0.25, 0.3) is 0 Å². The number of piperidine rings is 1. The van der Waals surface area contributed by atoms with Crippen LogP contribution in [0.15, 0.2) is 42.5 Å². The first-order valence-electron chi connectivity index (χ1n) is 8.91. The smallest absolute Gasteiger partial charge is 0.255 e. The first-order valence-corrected chi connectivity index (χ1v) is 9.28. The van der Waals surface area contributed by atoms with Crippen LogP contribution in [0, 0.1) is 12.8 Å². The third-order valence-electron chi connectivity index (χ3n) is 4.79. The zero-order valence-electron chi connectivity index (χ0n) is 15.1. The van der Waals surface area contributed by atoms with E-state index in [0.29, 0.717) is 27.8 Å². The van der Waals surface area contributed by atoms with Gasteiger partial charge in [-0.3, -0.25) is 9.59 Å². The highest BCUT2D eigenvalue weighted by atomic mass is 35.5. The highest BCUT2D eigenvalue weighted by molar-refractivity contribution is 6.31. The topological polar surface area (TPSA) is 49.4 Å². The van der Waals surface area contributed by atoms with Crippen LogP contribution < -0.4 is 5.32 Å². The maximum atomic E-state index is 12.6. The molecule has 0 radical (unpaired) electrons. The van der Waals surface area contributed by atoms with E-state index in [9.17, 15) is 9.59 Å². The van der Waals surface area contributed by atoms with Crippen LogP contribution in [0.3, 0.4) is 0 Å². The van der Waals surface area contributed by atoms with Crippen LogP contribution in [-0.4, -0.2) is 29.8 Å². The fourth-order valence-corrected chi connectivity index (χ4v) is 3.42. The Morgan fingerprint density at radius 1 is 1.12 bits per heavy atom. The van der Waals surface area contributed by atoms with Crippen LogP contribution in [0.4, 0.5) is 5.69 Å². The molecule has 0 aliphatic carbocycles. The van der Waals surface area contributed by atoms with Gasteiger partial charge in [0.25, 0.3) is 11.8 Å². The summed E-state index contributed by atoms with van der Waals surface area (Å²) in [5.74, 6) is 0.355. The molecule has 2 aromatic rings. The SMILES string of the molecule is Cc1ccc(Cl)cc1NC(=O)c1ccc(C(=O)N2CCCC(C)C2)cc1. The van der Waals surface area contributed by atoms with Crippen LogP contribution in [0.5, 0.6) is 0 Å². The molecular weight excluding hydrogens is 348 g/mol. The third-order valence-corrected chi connectivity index (χ3v) is 5.02. The zero-order valence-corrected chi connectivity index (χ0v) is 15.8. The molecule has 1 fully saturated rings. The van der Waals surface area contributed by atoms with Gasteiger partial charge in [0, 0.05) is 34.9 Å². The molecule has 1 saturated heterocycles. The molecular formula is C21H23ClN2O2. The largest absolute Gasteiger partial charge is 0.338 e. The fraction of sp³-hybridized carbons (Fsp3) is 0.333. The quantitative estimate of drug-likeness (QED) is 0.845. The number of aryl methyl sites for hydroxylation is 1. The summed E-state index contributed by atoms with van der Waals surface area (Å²) in [7, 11) is 0. The van der Waals surface area contributed by atoms with E-state index in [2.05, 4.69) is 12.2 Å². The molecule has 1 heterocycles. The second-order valence-corrected chi connectivity index (χ2v) is 7.43. The predicted octanol–water partition coefficient (Wildman–Crippen LogP) is 4.77. The lowest BCUT2D eigenvalue weighted by molar-refractivity contribution is 0.0682. The molecule has 0 aromatic heterocycles. The second-order valence-electron chi connectivity index (χ2n) is 6.99. The number of nitrogens with one attached hydrogen (secondary N) is 1. The van der Waals surface area contributed by atoms with Gasteiger partial charge in [0.05, 0.1) is 0 Å². The average Bonchev–Trinajstić information content (AvgIpc) is 2.64. The van der Waals surface area contributed by atoms with Crippen molar-refractivity contribution >= 4 is 29.1 Å². The number of halogens is 1. The van der Waals surface area contributed by atoms with E-state index >= 15 is 0 Å². The Morgan fingerprint density at radius 3 is 2.50 bits per heavy atom. The number of anilines is 1. The van der Waals surface area contributed by atoms with E-state index in [0.717, 1.165) is 25.1 Å². The van der Waals surface area contributed by atoms with Gasteiger partial charge >= 0.3 is 0 Å². The predicted molar refractivity (Wildman–Crippen MR) is 105 cm³/mol. The van der Waals surface area contributed by atoms with Crippen molar-refractivity contribution in [2.45, 2.75) is 26.7 Å². The summed E-state index contributed by atoms with van der Waals surface area (Å²) >= 11 is 5.99. The average molecular weight is 371 g/mol. The molecule has 26 heavy (non-hydrogen) atoms. The summed E-state index contributed by atoms with van der Waals surface area (Å²) in [5.41, 5.74) is 2.75. The summed E-state index contributed by atoms with van der Waals surface area (Å²) in [6.45, 7) is 5.69. The van der Waals surface area contributed by atoms with E-state index in [1.807, 2.05) is 17.9 Å². The van der Waals surface area contributed by atoms with Crippen LogP contribution >= 0.6 is 11.6 Å². The molecule has 136 valence electrons. The van der Waals surface area contributed by atoms with Crippen molar-refractivity contribution in [3.05, 3.63) is 64.2 Å². The van der Waals surface area contributed by atoms with Crippen molar-refractivity contribution in [1.82, 2.24) is 4.90 Å². The highest BCUT2D eigenvalue weighted by Gasteiger charge is 2.22. The molecule has 2 aromatic carbocycles. The zero-order chi connectivity index (χ0) is 18.7. The van der Waals surface area contributed by atoms with Gasteiger partial charge in [-0.25, -0.2) is 0 Å². The maximum Gasteiger partial charge on any atom is 0.255 e. The second kappa shape index (κ2) is 7.92. The normalized spacial score (nSPS) is 17.0. The molecule has 0 bridgehead atoms. The van der Waals surface area contributed by atoms with Gasteiger partial charge in [-0.2, -0.15) is 0 Å². The Balaban J connectivity index is 1.69. The lowest BCUT2D eigenvalue weighted by Gasteiger charge is -2.31. The molecule has 3 rings (SSSR count). The minimum atomic E-state index is -0.221. The number of benzene rings is 2. The summed E-state index contributed by atoms with van der Waals surface area (Å²) in [4.78, 5) is 27.0. The summed E-state index contributed by atoms with van der Waals surface area (Å²) in [6, 6.07) is 12.2. The van der Waals surface area contributed by atoms with E-state index in [-0.39, 0.29) is 11.8 Å². The molecule has 5 heteroatoms. The van der Waals surface area contributed by atoms with Crippen LogP contribution in [0.1, 0.15) is 46.0 Å². The minimum Gasteiger partial charge on any atom is -0.338 e.